The summed E-state index contributed by atoms with van der Waals surface area (Å²) in [6, 6.07) is 0.426. The molecule has 46 heavy (non-hydrogen) atoms. The molecular weight excluding hydrogens is 582 g/mol. The van der Waals surface area contributed by atoms with Crippen molar-refractivity contribution in [3.8, 4) is 0 Å². The van der Waals surface area contributed by atoms with Gasteiger partial charge in [-0.2, -0.15) is 0 Å². The third kappa shape index (κ3) is 9.06. The molecule has 0 amide bonds. The van der Waals surface area contributed by atoms with Crippen LogP contribution in [0.15, 0.2) is 12.2 Å². The number of ether oxygens (including phenoxy) is 3. The zero-order valence-electron chi connectivity index (χ0n) is 28.6. The number of carbonyl (C=O) groups is 2. The van der Waals surface area contributed by atoms with Crippen LogP contribution in [0.3, 0.4) is 0 Å². The van der Waals surface area contributed by atoms with Crippen molar-refractivity contribution in [3.63, 3.8) is 0 Å². The van der Waals surface area contributed by atoms with E-state index in [2.05, 4.69) is 34.3 Å². The summed E-state index contributed by atoms with van der Waals surface area (Å²) in [5.74, 6) is -0.110. The summed E-state index contributed by atoms with van der Waals surface area (Å²) in [6.45, 7) is 3.34. The molecule has 5 rings (SSSR count). The number of aliphatic carboxylic acids is 1. The number of nitrogens with zero attached hydrogens (tertiary/aromatic N) is 1. The number of esters is 1. The minimum absolute atomic E-state index is 0.0829. The summed E-state index contributed by atoms with van der Waals surface area (Å²) in [7, 11) is 0. The molecule has 2 saturated heterocycles. The van der Waals surface area contributed by atoms with Crippen molar-refractivity contribution in [2.24, 2.45) is 5.92 Å². The zero-order chi connectivity index (χ0) is 32.2. The Morgan fingerprint density at radius 1 is 0.935 bits per heavy atom. The maximum absolute atomic E-state index is 13.9. The van der Waals surface area contributed by atoms with Crippen LogP contribution in [-0.2, 0) is 23.8 Å². The predicted octanol–water partition coefficient (Wildman–Crippen LogP) is 6.93. The molecule has 9 heteroatoms. The third-order valence-electron chi connectivity index (χ3n) is 11.1. The Morgan fingerprint density at radius 2 is 1.63 bits per heavy atom. The number of carbonyl (C=O) groups excluding carboxylic acids is 1. The molecule has 0 saturated carbocycles. The van der Waals surface area contributed by atoms with Crippen molar-refractivity contribution in [2.45, 2.75) is 184 Å². The van der Waals surface area contributed by atoms with Gasteiger partial charge in [-0.3, -0.25) is 14.2 Å². The van der Waals surface area contributed by atoms with Crippen LogP contribution in [0.25, 0.3) is 0 Å². The lowest BCUT2D eigenvalue weighted by atomic mass is 9.81. The molecule has 5 aliphatic heterocycles. The molecule has 0 aliphatic carbocycles. The van der Waals surface area contributed by atoms with E-state index in [-0.39, 0.29) is 24.0 Å². The summed E-state index contributed by atoms with van der Waals surface area (Å²) >= 11 is 0. The highest BCUT2D eigenvalue weighted by atomic mass is 16.5. The highest BCUT2D eigenvalue weighted by Crippen LogP contribution is 2.45. The van der Waals surface area contributed by atoms with E-state index in [9.17, 15) is 9.59 Å². The molecule has 9 nitrogen and oxygen atoms in total. The zero-order valence-corrected chi connectivity index (χ0v) is 28.6. The number of carboxylic acid groups (broad SMARTS) is 1. The Kier molecular flexibility index (Phi) is 13.2. The number of hydrogen-bond acceptors (Lipinski definition) is 7. The lowest BCUT2D eigenvalue weighted by Crippen LogP contribution is -2.76. The Labute approximate surface area is 277 Å². The van der Waals surface area contributed by atoms with Gasteiger partial charge in [-0.15, -0.1) is 0 Å². The number of nitrogens with one attached hydrogen (secondary N) is 2. The Hall–Kier alpha value is -2.13. The maximum Gasteiger partial charge on any atom is 0.350 e. The average molecular weight is 645 g/mol. The summed E-state index contributed by atoms with van der Waals surface area (Å²) in [5.41, 5.74) is -1.11. The van der Waals surface area contributed by atoms with E-state index in [1.54, 1.807) is 0 Å². The molecule has 0 radical (unpaired) electrons. The van der Waals surface area contributed by atoms with Crippen LogP contribution in [0.2, 0.25) is 0 Å². The molecule has 260 valence electrons. The van der Waals surface area contributed by atoms with Crippen molar-refractivity contribution in [3.05, 3.63) is 12.2 Å². The van der Waals surface area contributed by atoms with E-state index in [4.69, 9.17) is 19.3 Å². The van der Waals surface area contributed by atoms with Gasteiger partial charge in [0.15, 0.2) is 11.6 Å². The monoisotopic (exact) mass is 644 g/mol. The van der Waals surface area contributed by atoms with E-state index in [1.807, 2.05) is 0 Å². The molecule has 0 aromatic heterocycles. The summed E-state index contributed by atoms with van der Waals surface area (Å²) in [4.78, 5) is 24.4. The highest BCUT2D eigenvalue weighted by Gasteiger charge is 2.64. The first-order valence-electron chi connectivity index (χ1n) is 19.0. The van der Waals surface area contributed by atoms with Gasteiger partial charge in [0.05, 0.1) is 31.4 Å². The molecule has 5 aliphatic rings. The largest absolute Gasteiger partial charge is 0.481 e. The van der Waals surface area contributed by atoms with Gasteiger partial charge < -0.3 is 19.3 Å². The first-order chi connectivity index (χ1) is 22.5. The van der Waals surface area contributed by atoms with Gasteiger partial charge in [0.2, 0.25) is 5.72 Å². The molecule has 2 fully saturated rings. The summed E-state index contributed by atoms with van der Waals surface area (Å²) < 4.78 is 21.8. The number of rotatable bonds is 18. The first kappa shape index (κ1) is 35.2. The minimum atomic E-state index is -0.722. The van der Waals surface area contributed by atoms with Crippen molar-refractivity contribution < 1.29 is 33.5 Å². The van der Waals surface area contributed by atoms with Crippen LogP contribution >= 0.6 is 0 Å². The fourth-order valence-corrected chi connectivity index (χ4v) is 8.69. The van der Waals surface area contributed by atoms with Gasteiger partial charge in [-0.25, -0.2) is 10.6 Å². The molecule has 0 aromatic rings. The van der Waals surface area contributed by atoms with Crippen molar-refractivity contribution >= 4 is 17.9 Å². The summed E-state index contributed by atoms with van der Waals surface area (Å²) in [5, 5.41) is 16.3. The number of guanidine groups is 1. The fourth-order valence-electron chi connectivity index (χ4n) is 8.69. The molecule has 5 heterocycles. The van der Waals surface area contributed by atoms with Gasteiger partial charge >= 0.3 is 17.9 Å². The average Bonchev–Trinajstić information content (AvgIpc) is 3.35. The Balaban J connectivity index is 1.04. The lowest BCUT2D eigenvalue weighted by Gasteiger charge is -2.49. The van der Waals surface area contributed by atoms with E-state index in [1.165, 1.54) is 51.4 Å². The maximum atomic E-state index is 13.9. The van der Waals surface area contributed by atoms with E-state index < -0.39 is 17.4 Å². The standard InChI is InChI=1S/C37H61N3O6/c1-2-30-20-15-16-24-36(46-30)28-29-22-23-31-33(37(25-17-19-27-45-37)39-35(38-36)40(29)31)34(43)44-26-18-13-11-9-7-5-3-4-6-8-10-12-14-21-32(41)42/h15,20,29-31,33H,2-14,16-19,21-28H2,1H3,(H2,38,39,41,42)/p+1/t29-,30-,31+,33+,36-,37+/m0/s1. The number of carboxylic acids is 1. The molecule has 3 N–H and O–H groups in total. The quantitative estimate of drug-likeness (QED) is 0.0638. The van der Waals surface area contributed by atoms with Gasteiger partial charge in [0, 0.05) is 25.7 Å². The molecule has 6 atom stereocenters. The van der Waals surface area contributed by atoms with Gasteiger partial charge in [-0.05, 0) is 51.4 Å². The highest BCUT2D eigenvalue weighted by molar-refractivity contribution is 5.82. The fraction of sp³-hybridized carbons (Fsp3) is 0.865. The third-order valence-corrected chi connectivity index (χ3v) is 11.1. The normalized spacial score (nSPS) is 31.8. The molecule has 0 aromatic carbocycles. The SMILES string of the molecule is CC[C@H]1C=CCC[C@@]2(C[C@@H]3CC[C@@H]4[C@H](C(=O)OCCCCCCCCCCCCCCCC(=O)O)[C@]5(CCCCO5)NC(=[N+]34)N2)O1. The van der Waals surface area contributed by atoms with Crippen LogP contribution in [-0.4, -0.2) is 70.4 Å². The van der Waals surface area contributed by atoms with E-state index >= 15 is 0 Å². The van der Waals surface area contributed by atoms with Crippen LogP contribution in [0.1, 0.15) is 155 Å². The Bertz CT molecular complexity index is 1060. The van der Waals surface area contributed by atoms with Crippen LogP contribution < -0.4 is 10.6 Å². The Morgan fingerprint density at radius 3 is 2.28 bits per heavy atom. The second-order valence-electron chi connectivity index (χ2n) is 14.6. The summed E-state index contributed by atoms with van der Waals surface area (Å²) in [6.07, 6.45) is 28.8. The minimum Gasteiger partial charge on any atom is -0.481 e. The van der Waals surface area contributed by atoms with E-state index in [0.717, 1.165) is 95.9 Å². The first-order valence-corrected chi connectivity index (χ1v) is 19.0. The van der Waals surface area contributed by atoms with Crippen molar-refractivity contribution in [2.75, 3.05) is 13.2 Å². The van der Waals surface area contributed by atoms with Crippen LogP contribution in [0.5, 0.6) is 0 Å². The molecule has 0 unspecified atom stereocenters. The smallest absolute Gasteiger partial charge is 0.350 e. The van der Waals surface area contributed by atoms with Gasteiger partial charge in [0.1, 0.15) is 0 Å². The molecular formula is C37H62N3O6+. The number of allylic oxidation sites excluding steroid dienone is 1. The molecule has 0 bridgehead atoms. The predicted molar refractivity (Wildman–Crippen MR) is 178 cm³/mol. The van der Waals surface area contributed by atoms with Gasteiger partial charge in [-0.1, -0.05) is 89.7 Å². The number of hydrogen-bond donors (Lipinski definition) is 3. The lowest BCUT2D eigenvalue weighted by molar-refractivity contribution is -0.609. The van der Waals surface area contributed by atoms with Crippen LogP contribution in [0, 0.1) is 5.92 Å². The number of unbranched alkanes of at least 4 members (excludes halogenated alkanes) is 12. The van der Waals surface area contributed by atoms with Crippen molar-refractivity contribution in [1.82, 2.24) is 10.6 Å². The van der Waals surface area contributed by atoms with E-state index in [0.29, 0.717) is 25.7 Å². The second kappa shape index (κ2) is 17.3. The molecule has 2 spiro atoms. The van der Waals surface area contributed by atoms with Crippen molar-refractivity contribution in [1.29, 1.82) is 0 Å². The topological polar surface area (TPSA) is 109 Å². The second-order valence-corrected chi connectivity index (χ2v) is 14.6. The van der Waals surface area contributed by atoms with Gasteiger partial charge in [0.25, 0.3) is 0 Å². The van der Waals surface area contributed by atoms with Crippen LogP contribution in [0.4, 0.5) is 0 Å².